The van der Waals surface area contributed by atoms with Gasteiger partial charge in [0, 0.05) is 16.6 Å². The second-order valence-electron chi connectivity index (χ2n) is 5.07. The molecule has 2 aromatic carbocycles. The summed E-state index contributed by atoms with van der Waals surface area (Å²) in [5.41, 5.74) is 1.65. The third kappa shape index (κ3) is 6.04. The predicted octanol–water partition coefficient (Wildman–Crippen LogP) is 3.57. The second kappa shape index (κ2) is 9.08. The van der Waals surface area contributed by atoms with E-state index in [-0.39, 0.29) is 18.9 Å². The number of hydrogen-bond donors (Lipinski definition) is 1. The van der Waals surface area contributed by atoms with Crippen LogP contribution in [0, 0.1) is 0 Å². The number of amides is 1. The monoisotopic (exact) mass is 391 g/mol. The molecule has 2 rings (SSSR count). The lowest BCUT2D eigenvalue weighted by Gasteiger charge is -2.07. The number of aryl methyl sites for hydroxylation is 1. The number of halogens is 1. The van der Waals surface area contributed by atoms with E-state index < -0.39 is 5.97 Å². The molecule has 6 heteroatoms. The number of benzene rings is 2. The molecule has 0 aliphatic carbocycles. The molecule has 0 bridgehead atoms. The molecule has 0 unspecified atom stereocenters. The smallest absolute Gasteiger partial charge is 0.306 e. The summed E-state index contributed by atoms with van der Waals surface area (Å²) in [5.74, 6) is -0.00773. The van der Waals surface area contributed by atoms with E-state index >= 15 is 0 Å². The number of ether oxygens (including phenoxy) is 2. The van der Waals surface area contributed by atoms with Crippen LogP contribution in [0.1, 0.15) is 12.0 Å². The van der Waals surface area contributed by atoms with Gasteiger partial charge in [-0.05, 0) is 42.3 Å². The second-order valence-corrected chi connectivity index (χ2v) is 5.98. The maximum atomic E-state index is 11.8. The van der Waals surface area contributed by atoms with Gasteiger partial charge in [0.05, 0.1) is 7.11 Å². The first-order valence-electron chi connectivity index (χ1n) is 7.41. The number of rotatable bonds is 7. The third-order valence-electron chi connectivity index (χ3n) is 3.25. The Labute approximate surface area is 149 Å². The van der Waals surface area contributed by atoms with Crippen molar-refractivity contribution < 1.29 is 19.1 Å². The van der Waals surface area contributed by atoms with Gasteiger partial charge < -0.3 is 14.8 Å². The van der Waals surface area contributed by atoms with Crippen LogP contribution in [0.4, 0.5) is 5.69 Å². The van der Waals surface area contributed by atoms with Crippen molar-refractivity contribution in [1.29, 1.82) is 0 Å². The lowest BCUT2D eigenvalue weighted by molar-refractivity contribution is -0.147. The SMILES string of the molecule is COc1ccc(CCC(=O)OCC(=O)Nc2cccc(Br)c2)cc1. The summed E-state index contributed by atoms with van der Waals surface area (Å²) in [6.07, 6.45) is 0.770. The molecule has 0 aliphatic heterocycles. The van der Waals surface area contributed by atoms with Crippen LogP contribution in [0.3, 0.4) is 0 Å². The minimum absolute atomic E-state index is 0.219. The molecular weight excluding hydrogens is 374 g/mol. The van der Waals surface area contributed by atoms with E-state index in [9.17, 15) is 9.59 Å². The maximum Gasteiger partial charge on any atom is 0.306 e. The fourth-order valence-electron chi connectivity index (χ4n) is 2.02. The van der Waals surface area contributed by atoms with Crippen LogP contribution in [0.5, 0.6) is 5.75 Å². The Morgan fingerprint density at radius 1 is 1.12 bits per heavy atom. The van der Waals surface area contributed by atoms with Gasteiger partial charge in [0.25, 0.3) is 5.91 Å². The van der Waals surface area contributed by atoms with E-state index in [1.807, 2.05) is 30.3 Å². The number of carbonyl (C=O) groups excluding carboxylic acids is 2. The van der Waals surface area contributed by atoms with Crippen molar-refractivity contribution in [2.24, 2.45) is 0 Å². The predicted molar refractivity (Wildman–Crippen MR) is 95.0 cm³/mol. The number of hydrogen-bond acceptors (Lipinski definition) is 4. The quantitative estimate of drug-likeness (QED) is 0.732. The summed E-state index contributed by atoms with van der Waals surface area (Å²) in [7, 11) is 1.60. The number of nitrogens with one attached hydrogen (secondary N) is 1. The van der Waals surface area contributed by atoms with Crippen molar-refractivity contribution in [3.05, 3.63) is 58.6 Å². The first-order valence-corrected chi connectivity index (χ1v) is 8.20. The van der Waals surface area contributed by atoms with E-state index in [4.69, 9.17) is 9.47 Å². The fourth-order valence-corrected chi connectivity index (χ4v) is 2.42. The van der Waals surface area contributed by atoms with Gasteiger partial charge in [0.2, 0.25) is 0 Å². The van der Waals surface area contributed by atoms with Crippen molar-refractivity contribution in [2.45, 2.75) is 12.8 Å². The van der Waals surface area contributed by atoms with Crippen LogP contribution in [-0.4, -0.2) is 25.6 Å². The topological polar surface area (TPSA) is 64.6 Å². The summed E-state index contributed by atoms with van der Waals surface area (Å²) in [6.45, 7) is -0.298. The maximum absolute atomic E-state index is 11.8. The zero-order chi connectivity index (χ0) is 17.4. The molecule has 0 radical (unpaired) electrons. The van der Waals surface area contributed by atoms with Gasteiger partial charge in [-0.3, -0.25) is 9.59 Å². The van der Waals surface area contributed by atoms with Crippen molar-refractivity contribution in [3.63, 3.8) is 0 Å². The minimum Gasteiger partial charge on any atom is -0.497 e. The number of carbonyl (C=O) groups is 2. The zero-order valence-electron chi connectivity index (χ0n) is 13.3. The Morgan fingerprint density at radius 2 is 1.88 bits per heavy atom. The Bertz CT molecular complexity index is 700. The molecule has 1 N–H and O–H groups in total. The van der Waals surface area contributed by atoms with Crippen LogP contribution in [0.25, 0.3) is 0 Å². The molecule has 0 fully saturated rings. The van der Waals surface area contributed by atoms with Crippen molar-refractivity contribution in [2.75, 3.05) is 19.0 Å². The van der Waals surface area contributed by atoms with E-state index in [2.05, 4.69) is 21.2 Å². The molecule has 0 saturated carbocycles. The molecule has 0 saturated heterocycles. The highest BCUT2D eigenvalue weighted by atomic mass is 79.9. The van der Waals surface area contributed by atoms with E-state index in [0.717, 1.165) is 15.8 Å². The standard InChI is InChI=1S/C18H18BrNO4/c1-23-16-8-5-13(6-9-16)7-10-18(22)24-12-17(21)20-15-4-2-3-14(19)11-15/h2-6,8-9,11H,7,10,12H2,1H3,(H,20,21). The van der Waals surface area contributed by atoms with Crippen LogP contribution in [0.15, 0.2) is 53.0 Å². The molecule has 1 amide bonds. The summed E-state index contributed by atoms with van der Waals surface area (Å²) < 4.78 is 10.9. The molecule has 0 aromatic heterocycles. The van der Waals surface area contributed by atoms with E-state index in [1.54, 1.807) is 25.3 Å². The third-order valence-corrected chi connectivity index (χ3v) is 3.74. The molecular formula is C18H18BrNO4. The minimum atomic E-state index is -0.407. The van der Waals surface area contributed by atoms with Gasteiger partial charge in [0.1, 0.15) is 5.75 Å². The van der Waals surface area contributed by atoms with Crippen LogP contribution in [-0.2, 0) is 20.7 Å². The Morgan fingerprint density at radius 3 is 2.54 bits per heavy atom. The van der Waals surface area contributed by atoms with Gasteiger partial charge in [-0.1, -0.05) is 34.1 Å². The summed E-state index contributed by atoms with van der Waals surface area (Å²) in [5, 5.41) is 2.66. The molecule has 126 valence electrons. The molecule has 0 aliphatic rings. The Kier molecular flexibility index (Phi) is 6.81. The zero-order valence-corrected chi connectivity index (χ0v) is 14.8. The van der Waals surface area contributed by atoms with Gasteiger partial charge in [-0.15, -0.1) is 0 Å². The average Bonchev–Trinajstić information content (AvgIpc) is 2.58. The van der Waals surface area contributed by atoms with E-state index in [1.165, 1.54) is 0 Å². The van der Waals surface area contributed by atoms with Crippen molar-refractivity contribution in [3.8, 4) is 5.75 Å². The highest BCUT2D eigenvalue weighted by Gasteiger charge is 2.08. The molecule has 0 spiro atoms. The fraction of sp³-hybridized carbons (Fsp3) is 0.222. The Balaban J connectivity index is 1.71. The molecule has 24 heavy (non-hydrogen) atoms. The van der Waals surface area contributed by atoms with E-state index in [0.29, 0.717) is 12.1 Å². The van der Waals surface area contributed by atoms with Gasteiger partial charge in [0.15, 0.2) is 6.61 Å². The first kappa shape index (κ1) is 18.0. The summed E-state index contributed by atoms with van der Waals surface area (Å²) in [6, 6.07) is 14.7. The number of esters is 1. The number of anilines is 1. The summed E-state index contributed by atoms with van der Waals surface area (Å²) >= 11 is 3.32. The van der Waals surface area contributed by atoms with Crippen LogP contribution >= 0.6 is 15.9 Å². The largest absolute Gasteiger partial charge is 0.497 e. The highest BCUT2D eigenvalue weighted by molar-refractivity contribution is 9.10. The van der Waals surface area contributed by atoms with Crippen LogP contribution < -0.4 is 10.1 Å². The normalized spacial score (nSPS) is 10.1. The van der Waals surface area contributed by atoms with Gasteiger partial charge >= 0.3 is 5.97 Å². The highest BCUT2D eigenvalue weighted by Crippen LogP contribution is 2.15. The molecule has 0 atom stereocenters. The molecule has 5 nitrogen and oxygen atoms in total. The lowest BCUT2D eigenvalue weighted by Crippen LogP contribution is -2.21. The lowest BCUT2D eigenvalue weighted by atomic mass is 10.1. The van der Waals surface area contributed by atoms with Crippen molar-refractivity contribution >= 4 is 33.5 Å². The molecule has 2 aromatic rings. The van der Waals surface area contributed by atoms with Gasteiger partial charge in [-0.25, -0.2) is 0 Å². The number of methoxy groups -OCH3 is 1. The van der Waals surface area contributed by atoms with Crippen molar-refractivity contribution in [1.82, 2.24) is 0 Å². The average molecular weight is 392 g/mol. The van der Waals surface area contributed by atoms with Gasteiger partial charge in [-0.2, -0.15) is 0 Å². The first-order chi connectivity index (χ1) is 11.6. The summed E-state index contributed by atoms with van der Waals surface area (Å²) in [4.78, 5) is 23.5. The Hall–Kier alpha value is -2.34. The van der Waals surface area contributed by atoms with Crippen LogP contribution in [0.2, 0.25) is 0 Å². The molecule has 0 heterocycles.